The average molecular weight is 301 g/mol. The van der Waals surface area contributed by atoms with E-state index < -0.39 is 0 Å². The number of hydrogen-bond acceptors (Lipinski definition) is 1. The van der Waals surface area contributed by atoms with Gasteiger partial charge in [0.25, 0.3) is 0 Å². The maximum atomic E-state index is 11.3. The second-order valence-electron chi connectivity index (χ2n) is 3.62. The highest BCUT2D eigenvalue weighted by Crippen LogP contribution is 2.28. The summed E-state index contributed by atoms with van der Waals surface area (Å²) in [6.45, 7) is 0.659. The summed E-state index contributed by atoms with van der Waals surface area (Å²) in [6, 6.07) is 8.21. The van der Waals surface area contributed by atoms with Gasteiger partial charge >= 0.3 is 0 Å². The highest BCUT2D eigenvalue weighted by Gasteiger charge is 2.29. The van der Waals surface area contributed by atoms with E-state index in [-0.39, 0.29) is 5.91 Å². The Morgan fingerprint density at radius 3 is 2.57 bits per heavy atom. The molecule has 1 aliphatic carbocycles. The lowest BCUT2D eigenvalue weighted by atomic mass is 10.2. The molecule has 0 radical (unpaired) electrons. The average Bonchev–Trinajstić information content (AvgIpc) is 3.00. The first kappa shape index (κ1) is 9.96. The van der Waals surface area contributed by atoms with Crippen molar-refractivity contribution in [1.82, 2.24) is 5.32 Å². The fourth-order valence-corrected chi connectivity index (χ4v) is 1.64. The lowest BCUT2D eigenvalue weighted by Gasteiger charge is -2.03. The van der Waals surface area contributed by atoms with Crippen LogP contribution in [0.2, 0.25) is 0 Å². The third-order valence-electron chi connectivity index (χ3n) is 2.33. The van der Waals surface area contributed by atoms with Crippen molar-refractivity contribution in [3.05, 3.63) is 33.4 Å². The van der Waals surface area contributed by atoms with E-state index in [0.29, 0.717) is 12.5 Å². The molecule has 0 aromatic heterocycles. The van der Waals surface area contributed by atoms with E-state index in [2.05, 4.69) is 52.2 Å². The second-order valence-corrected chi connectivity index (χ2v) is 4.86. The molecule has 1 aromatic carbocycles. The molecule has 0 atom stereocenters. The van der Waals surface area contributed by atoms with Crippen LogP contribution in [0, 0.1) is 9.49 Å². The van der Waals surface area contributed by atoms with Gasteiger partial charge in [-0.05, 0) is 53.1 Å². The Hall–Kier alpha value is -0.580. The minimum atomic E-state index is 0.212. The van der Waals surface area contributed by atoms with Crippen LogP contribution in [0.3, 0.4) is 0 Å². The number of nitrogens with one attached hydrogen (secondary N) is 1. The van der Waals surface area contributed by atoms with Gasteiger partial charge in [-0.25, -0.2) is 0 Å². The Labute approximate surface area is 97.2 Å². The Bertz CT molecular complexity index is 330. The van der Waals surface area contributed by atoms with Crippen molar-refractivity contribution < 1.29 is 4.79 Å². The normalized spacial score (nSPS) is 15.2. The molecule has 2 nitrogen and oxygen atoms in total. The monoisotopic (exact) mass is 301 g/mol. The molecular formula is C11H12INO. The molecule has 1 aliphatic rings. The van der Waals surface area contributed by atoms with Crippen LogP contribution >= 0.6 is 22.6 Å². The number of halogens is 1. The maximum Gasteiger partial charge on any atom is 0.223 e. The number of amides is 1. The molecule has 1 aromatic rings. The first-order valence-electron chi connectivity index (χ1n) is 4.78. The van der Waals surface area contributed by atoms with Crippen molar-refractivity contribution in [2.75, 3.05) is 0 Å². The zero-order valence-corrected chi connectivity index (χ0v) is 9.95. The molecule has 0 saturated heterocycles. The van der Waals surface area contributed by atoms with E-state index in [9.17, 15) is 4.79 Å². The summed E-state index contributed by atoms with van der Waals surface area (Å²) in [5, 5.41) is 2.94. The molecule has 3 heteroatoms. The van der Waals surface area contributed by atoms with Crippen LogP contribution in [0.4, 0.5) is 0 Å². The van der Waals surface area contributed by atoms with Crippen LogP contribution in [0.1, 0.15) is 18.4 Å². The predicted octanol–water partition coefficient (Wildman–Crippen LogP) is 2.32. The minimum absolute atomic E-state index is 0.212. The molecule has 1 saturated carbocycles. The van der Waals surface area contributed by atoms with E-state index >= 15 is 0 Å². The molecule has 0 heterocycles. The van der Waals surface area contributed by atoms with Crippen molar-refractivity contribution in [1.29, 1.82) is 0 Å². The van der Waals surface area contributed by atoms with Crippen molar-refractivity contribution in [3.8, 4) is 0 Å². The van der Waals surface area contributed by atoms with Gasteiger partial charge in [-0.15, -0.1) is 0 Å². The molecule has 0 aliphatic heterocycles. The third-order valence-corrected chi connectivity index (χ3v) is 3.05. The molecule has 1 N–H and O–H groups in total. The van der Waals surface area contributed by atoms with E-state index in [1.807, 2.05) is 0 Å². The SMILES string of the molecule is O=C(NCc1ccc(I)cc1)C1CC1. The minimum Gasteiger partial charge on any atom is -0.352 e. The van der Waals surface area contributed by atoms with Gasteiger partial charge in [-0.2, -0.15) is 0 Å². The zero-order valence-electron chi connectivity index (χ0n) is 7.79. The molecule has 1 amide bonds. The van der Waals surface area contributed by atoms with Crippen molar-refractivity contribution in [2.45, 2.75) is 19.4 Å². The summed E-state index contributed by atoms with van der Waals surface area (Å²) in [4.78, 5) is 11.3. The van der Waals surface area contributed by atoms with Crippen LogP contribution in [0.25, 0.3) is 0 Å². The zero-order chi connectivity index (χ0) is 9.97. The highest BCUT2D eigenvalue weighted by atomic mass is 127. The second kappa shape index (κ2) is 4.29. The number of carbonyl (C=O) groups excluding carboxylic acids is 1. The number of hydrogen-bond donors (Lipinski definition) is 1. The van der Waals surface area contributed by atoms with E-state index in [1.54, 1.807) is 0 Å². The van der Waals surface area contributed by atoms with Crippen molar-refractivity contribution in [2.24, 2.45) is 5.92 Å². The van der Waals surface area contributed by atoms with Crippen LogP contribution in [0.15, 0.2) is 24.3 Å². The van der Waals surface area contributed by atoms with E-state index in [4.69, 9.17) is 0 Å². The summed E-state index contributed by atoms with van der Waals surface area (Å²) < 4.78 is 1.22. The van der Waals surface area contributed by atoms with Crippen molar-refractivity contribution >= 4 is 28.5 Å². The third kappa shape index (κ3) is 2.70. The summed E-state index contributed by atoms with van der Waals surface area (Å²) in [6.07, 6.45) is 2.14. The molecule has 0 spiro atoms. The van der Waals surface area contributed by atoms with Gasteiger partial charge in [0.05, 0.1) is 0 Å². The van der Waals surface area contributed by atoms with Gasteiger partial charge in [0.1, 0.15) is 0 Å². The van der Waals surface area contributed by atoms with Crippen LogP contribution in [-0.4, -0.2) is 5.91 Å². The van der Waals surface area contributed by atoms with E-state index in [1.165, 1.54) is 9.13 Å². The lowest BCUT2D eigenvalue weighted by Crippen LogP contribution is -2.24. The number of rotatable bonds is 3. The Balaban J connectivity index is 1.85. The smallest absolute Gasteiger partial charge is 0.223 e. The van der Waals surface area contributed by atoms with E-state index in [0.717, 1.165) is 12.8 Å². The predicted molar refractivity (Wildman–Crippen MR) is 63.7 cm³/mol. The fourth-order valence-electron chi connectivity index (χ4n) is 1.28. The summed E-state index contributed by atoms with van der Waals surface area (Å²) in [5.74, 6) is 0.516. The van der Waals surface area contributed by atoms with Gasteiger partial charge in [0.2, 0.25) is 5.91 Å². The molecule has 2 rings (SSSR count). The molecule has 0 unspecified atom stereocenters. The number of carbonyl (C=O) groups is 1. The Kier molecular flexibility index (Phi) is 3.05. The highest BCUT2D eigenvalue weighted by molar-refractivity contribution is 14.1. The first-order chi connectivity index (χ1) is 6.75. The van der Waals surface area contributed by atoms with Gasteiger partial charge in [0, 0.05) is 16.0 Å². The molecule has 74 valence electrons. The van der Waals surface area contributed by atoms with Crippen LogP contribution in [0.5, 0.6) is 0 Å². The molecule has 0 bridgehead atoms. The summed E-state index contributed by atoms with van der Waals surface area (Å²) in [7, 11) is 0. The van der Waals surface area contributed by atoms with Gasteiger partial charge < -0.3 is 5.32 Å². The topological polar surface area (TPSA) is 29.1 Å². The molecule has 1 fully saturated rings. The number of benzene rings is 1. The van der Waals surface area contributed by atoms with Crippen molar-refractivity contribution in [3.63, 3.8) is 0 Å². The Morgan fingerprint density at radius 1 is 1.36 bits per heavy atom. The van der Waals surface area contributed by atoms with Gasteiger partial charge in [0.15, 0.2) is 0 Å². The van der Waals surface area contributed by atoms with Crippen LogP contribution < -0.4 is 5.32 Å². The van der Waals surface area contributed by atoms with Gasteiger partial charge in [-0.1, -0.05) is 12.1 Å². The maximum absolute atomic E-state index is 11.3. The largest absolute Gasteiger partial charge is 0.352 e. The first-order valence-corrected chi connectivity index (χ1v) is 5.86. The fraction of sp³-hybridized carbons (Fsp3) is 0.364. The van der Waals surface area contributed by atoms with Gasteiger partial charge in [-0.3, -0.25) is 4.79 Å². The quantitative estimate of drug-likeness (QED) is 0.853. The Morgan fingerprint density at radius 2 is 2.00 bits per heavy atom. The summed E-state index contributed by atoms with van der Waals surface area (Å²) in [5.41, 5.74) is 1.17. The van der Waals surface area contributed by atoms with Crippen LogP contribution in [-0.2, 0) is 11.3 Å². The lowest BCUT2D eigenvalue weighted by molar-refractivity contribution is -0.122. The summed E-state index contributed by atoms with van der Waals surface area (Å²) >= 11 is 2.27. The standard InChI is InChI=1S/C11H12INO/c12-10-5-1-8(2-6-10)7-13-11(14)9-3-4-9/h1-2,5-6,9H,3-4,7H2,(H,13,14). The molecule has 14 heavy (non-hydrogen) atoms. The molecular weight excluding hydrogens is 289 g/mol.